The molecule has 1 atom stereocenters. The number of esters is 2. The van der Waals surface area contributed by atoms with Gasteiger partial charge in [-0.05, 0) is 29.1 Å². The molecule has 0 N–H and O–H groups in total. The lowest BCUT2D eigenvalue weighted by molar-refractivity contribution is -0.151. The van der Waals surface area contributed by atoms with Crippen molar-refractivity contribution in [1.29, 1.82) is 0 Å². The molecule has 5 nitrogen and oxygen atoms in total. The van der Waals surface area contributed by atoms with Crippen LogP contribution in [0.15, 0.2) is 41.8 Å². The minimum atomic E-state index is -0.600. The van der Waals surface area contributed by atoms with Crippen molar-refractivity contribution in [2.75, 3.05) is 13.7 Å². The van der Waals surface area contributed by atoms with Crippen molar-refractivity contribution in [2.45, 2.75) is 19.4 Å². The van der Waals surface area contributed by atoms with E-state index in [1.165, 1.54) is 18.3 Å². The summed E-state index contributed by atoms with van der Waals surface area (Å²) in [5.41, 5.74) is 0.858. The largest absolute Gasteiger partial charge is 0.497 e. The molecule has 0 bridgehead atoms. The summed E-state index contributed by atoms with van der Waals surface area (Å²) in [4.78, 5) is 24.1. The Morgan fingerprint density at radius 1 is 1.13 bits per heavy atom. The Balaban J connectivity index is 1.97. The first-order valence-electron chi connectivity index (χ1n) is 7.06. The van der Waals surface area contributed by atoms with Gasteiger partial charge < -0.3 is 14.2 Å². The highest BCUT2D eigenvalue weighted by atomic mass is 32.1. The van der Waals surface area contributed by atoms with Gasteiger partial charge in [-0.3, -0.25) is 9.59 Å². The normalized spacial score (nSPS) is 11.6. The Hall–Kier alpha value is -2.34. The third kappa shape index (κ3) is 5.10. The van der Waals surface area contributed by atoms with Gasteiger partial charge in [0.2, 0.25) is 0 Å². The third-order valence-corrected chi connectivity index (χ3v) is 4.15. The fourth-order valence-corrected chi connectivity index (χ4v) is 2.73. The molecular formula is C17H18O5S. The summed E-state index contributed by atoms with van der Waals surface area (Å²) in [7, 11) is 1.59. The molecule has 0 amide bonds. The van der Waals surface area contributed by atoms with Crippen LogP contribution in [0.25, 0.3) is 0 Å². The van der Waals surface area contributed by atoms with E-state index < -0.39 is 17.9 Å². The minimum absolute atomic E-state index is 0.0166. The Labute approximate surface area is 138 Å². The van der Waals surface area contributed by atoms with Crippen LogP contribution >= 0.6 is 11.3 Å². The molecule has 1 aromatic carbocycles. The maximum Gasteiger partial charge on any atom is 0.318 e. The van der Waals surface area contributed by atoms with Gasteiger partial charge >= 0.3 is 11.9 Å². The number of thiophene rings is 1. The van der Waals surface area contributed by atoms with Crippen LogP contribution < -0.4 is 4.74 Å². The molecule has 0 aliphatic carbocycles. The molecule has 0 saturated heterocycles. The fraction of sp³-hybridized carbons (Fsp3) is 0.294. The third-order valence-electron chi connectivity index (χ3n) is 3.16. The van der Waals surface area contributed by atoms with Crippen LogP contribution in [-0.2, 0) is 25.7 Å². The van der Waals surface area contributed by atoms with Crippen LogP contribution in [0.1, 0.15) is 23.3 Å². The summed E-state index contributed by atoms with van der Waals surface area (Å²) >= 11 is 1.43. The van der Waals surface area contributed by atoms with Gasteiger partial charge in [0.15, 0.2) is 0 Å². The molecule has 2 aromatic rings. The van der Waals surface area contributed by atoms with Crippen molar-refractivity contribution < 1.29 is 23.8 Å². The lowest BCUT2D eigenvalue weighted by Gasteiger charge is -2.14. The highest BCUT2D eigenvalue weighted by molar-refractivity contribution is 7.10. The highest BCUT2D eigenvalue weighted by Gasteiger charge is 2.24. The smallest absolute Gasteiger partial charge is 0.318 e. The fourth-order valence-electron chi connectivity index (χ4n) is 1.93. The molecule has 1 aromatic heterocycles. The molecule has 0 aliphatic heterocycles. The molecule has 23 heavy (non-hydrogen) atoms. The number of carbonyl (C=O) groups is 2. The lowest BCUT2D eigenvalue weighted by atomic mass is 10.1. The summed E-state index contributed by atoms with van der Waals surface area (Å²) in [6.07, 6.45) is 0. The number of benzene rings is 1. The van der Waals surface area contributed by atoms with E-state index in [4.69, 9.17) is 14.2 Å². The molecule has 6 heteroatoms. The topological polar surface area (TPSA) is 61.8 Å². The summed E-state index contributed by atoms with van der Waals surface area (Å²) in [5.74, 6) is -0.692. The van der Waals surface area contributed by atoms with Crippen LogP contribution in [0.3, 0.4) is 0 Å². The van der Waals surface area contributed by atoms with Crippen molar-refractivity contribution in [1.82, 2.24) is 0 Å². The van der Waals surface area contributed by atoms with Crippen LogP contribution in [0.5, 0.6) is 5.75 Å². The zero-order valence-corrected chi connectivity index (χ0v) is 13.8. The summed E-state index contributed by atoms with van der Waals surface area (Å²) in [6, 6.07) is 10.9. The first-order valence-corrected chi connectivity index (χ1v) is 7.94. The van der Waals surface area contributed by atoms with Crippen LogP contribution in [0.4, 0.5) is 0 Å². The molecule has 0 aliphatic rings. The second-order valence-electron chi connectivity index (χ2n) is 4.83. The monoisotopic (exact) mass is 334 g/mol. The number of methoxy groups -OCH3 is 1. The predicted molar refractivity (Wildman–Crippen MR) is 86.5 cm³/mol. The molecule has 122 valence electrons. The number of hydrogen-bond acceptors (Lipinski definition) is 6. The van der Waals surface area contributed by atoms with Gasteiger partial charge in [-0.25, -0.2) is 0 Å². The first kappa shape index (κ1) is 17.0. The van der Waals surface area contributed by atoms with Gasteiger partial charge in [-0.15, -0.1) is 11.3 Å². The van der Waals surface area contributed by atoms with Crippen molar-refractivity contribution in [3.63, 3.8) is 0 Å². The van der Waals surface area contributed by atoms with Gasteiger partial charge in [0, 0.05) is 11.8 Å². The molecule has 0 radical (unpaired) electrons. The molecule has 2 rings (SSSR count). The van der Waals surface area contributed by atoms with Crippen LogP contribution in [0.2, 0.25) is 0 Å². The summed E-state index contributed by atoms with van der Waals surface area (Å²) in [5, 5.41) is 1.87. The highest BCUT2D eigenvalue weighted by Crippen LogP contribution is 2.24. The lowest BCUT2D eigenvalue weighted by Crippen LogP contribution is -2.21. The van der Waals surface area contributed by atoms with E-state index >= 15 is 0 Å². The standard InChI is InChI=1S/C17H18O5S/c1-12(18)21-11-15(16-4-3-9-23-16)17(19)22-10-13-5-7-14(20-2)8-6-13/h3-9,15H,10-11H2,1-2H3. The minimum Gasteiger partial charge on any atom is -0.497 e. The van der Waals surface area contributed by atoms with Crippen molar-refractivity contribution >= 4 is 23.3 Å². The predicted octanol–water partition coefficient (Wildman–Crippen LogP) is 3.15. The maximum absolute atomic E-state index is 12.3. The van der Waals surface area contributed by atoms with Crippen molar-refractivity contribution in [3.8, 4) is 5.75 Å². The number of carbonyl (C=O) groups excluding carboxylic acids is 2. The van der Waals surface area contributed by atoms with Crippen LogP contribution in [-0.4, -0.2) is 25.7 Å². The Kier molecular flexibility index (Phi) is 6.17. The number of hydrogen-bond donors (Lipinski definition) is 0. The van der Waals surface area contributed by atoms with Crippen LogP contribution in [0, 0.1) is 0 Å². The average Bonchev–Trinajstić information content (AvgIpc) is 3.07. The van der Waals surface area contributed by atoms with Gasteiger partial charge in [-0.2, -0.15) is 0 Å². The number of rotatable bonds is 7. The van der Waals surface area contributed by atoms with Gasteiger partial charge in [0.05, 0.1) is 7.11 Å². The second-order valence-corrected chi connectivity index (χ2v) is 5.81. The molecule has 0 fully saturated rings. The van der Waals surface area contributed by atoms with E-state index in [1.54, 1.807) is 19.2 Å². The Morgan fingerprint density at radius 2 is 1.87 bits per heavy atom. The Bertz CT molecular complexity index is 634. The SMILES string of the molecule is COc1ccc(COC(=O)C(COC(C)=O)c2cccs2)cc1. The average molecular weight is 334 g/mol. The van der Waals surface area contributed by atoms with E-state index in [2.05, 4.69) is 0 Å². The van der Waals surface area contributed by atoms with E-state index in [0.717, 1.165) is 16.2 Å². The van der Waals surface area contributed by atoms with Gasteiger partial charge in [-0.1, -0.05) is 18.2 Å². The first-order chi connectivity index (χ1) is 11.1. The van der Waals surface area contributed by atoms with E-state index in [-0.39, 0.29) is 13.2 Å². The summed E-state index contributed by atoms with van der Waals surface area (Å²) in [6.45, 7) is 1.45. The van der Waals surface area contributed by atoms with E-state index in [9.17, 15) is 9.59 Å². The Morgan fingerprint density at radius 3 is 2.43 bits per heavy atom. The summed E-state index contributed by atoms with van der Waals surface area (Å²) < 4.78 is 15.4. The molecular weight excluding hydrogens is 316 g/mol. The number of ether oxygens (including phenoxy) is 3. The zero-order chi connectivity index (χ0) is 16.7. The van der Waals surface area contributed by atoms with E-state index in [1.807, 2.05) is 29.6 Å². The van der Waals surface area contributed by atoms with Gasteiger partial charge in [0.25, 0.3) is 0 Å². The zero-order valence-electron chi connectivity index (χ0n) is 13.0. The maximum atomic E-state index is 12.3. The second kappa shape index (κ2) is 8.33. The van der Waals surface area contributed by atoms with Crippen molar-refractivity contribution in [3.05, 3.63) is 52.2 Å². The van der Waals surface area contributed by atoms with E-state index in [0.29, 0.717) is 0 Å². The quantitative estimate of drug-likeness (QED) is 0.728. The van der Waals surface area contributed by atoms with Crippen molar-refractivity contribution in [2.24, 2.45) is 0 Å². The molecule has 0 spiro atoms. The molecule has 1 unspecified atom stereocenters. The van der Waals surface area contributed by atoms with Gasteiger partial charge in [0.1, 0.15) is 24.9 Å². The molecule has 0 saturated carbocycles. The molecule has 1 heterocycles.